The van der Waals surface area contributed by atoms with E-state index in [0.29, 0.717) is 0 Å². The number of fused-ring (bicyclic) bond motifs is 2. The summed E-state index contributed by atoms with van der Waals surface area (Å²) in [6, 6.07) is 69.9. The number of hydrogen-bond donors (Lipinski definition) is 0. The summed E-state index contributed by atoms with van der Waals surface area (Å²) in [7, 11) is 0. The molecule has 0 aliphatic rings. The van der Waals surface area contributed by atoms with Gasteiger partial charge >= 0.3 is 0 Å². The maximum Gasteiger partial charge on any atom is 0.0541 e. The van der Waals surface area contributed by atoms with Gasteiger partial charge in [0.25, 0.3) is 0 Å². The Bertz CT molecular complexity index is 2510. The van der Waals surface area contributed by atoms with Crippen LogP contribution in [0.3, 0.4) is 0 Å². The van der Waals surface area contributed by atoms with Crippen LogP contribution in [0.1, 0.15) is 0 Å². The van der Waals surface area contributed by atoms with Crippen LogP contribution in [0.2, 0.25) is 0 Å². The first-order valence-electron chi connectivity index (χ1n) is 16.4. The number of rotatable bonds is 6. The van der Waals surface area contributed by atoms with E-state index in [4.69, 9.17) is 0 Å². The SMILES string of the molecule is c1ccc(-c2ccc(-n3c(-c4ccccc4)cc4ccc(-c5ccc6c(c5)cc(-c5ccccc5)n6-c5ccccc5)cc43)cc2)cc1. The third kappa shape index (κ3) is 4.92. The number of nitrogens with zero attached hydrogens (tertiary/aromatic N) is 2. The summed E-state index contributed by atoms with van der Waals surface area (Å²) < 4.78 is 4.77. The lowest BCUT2D eigenvalue weighted by Crippen LogP contribution is -1.97. The van der Waals surface area contributed by atoms with Crippen molar-refractivity contribution in [2.75, 3.05) is 0 Å². The molecule has 226 valence electrons. The fourth-order valence-electron chi connectivity index (χ4n) is 6.99. The molecule has 0 N–H and O–H groups in total. The second-order valence-electron chi connectivity index (χ2n) is 12.3. The van der Waals surface area contributed by atoms with Gasteiger partial charge in [0.1, 0.15) is 0 Å². The molecule has 0 saturated heterocycles. The predicted octanol–water partition coefficient (Wildman–Crippen LogP) is 12.2. The van der Waals surface area contributed by atoms with Crippen molar-refractivity contribution in [1.82, 2.24) is 9.13 Å². The Hall–Kier alpha value is -6.38. The number of aromatic nitrogens is 2. The fourth-order valence-corrected chi connectivity index (χ4v) is 6.99. The molecule has 0 radical (unpaired) electrons. The lowest BCUT2D eigenvalue weighted by atomic mass is 10.0. The van der Waals surface area contributed by atoms with Gasteiger partial charge in [0.2, 0.25) is 0 Å². The standard InChI is InChI=1S/C46H32N2/c1-5-13-33(14-6-1)34-23-26-42(27-24-34)48-44(35-15-7-2-8-16-35)31-39-22-21-38(30-46(39)48)37-25-28-43-40(29-37)32-45(36-17-9-3-10-18-36)47(43)41-19-11-4-12-20-41/h1-32H. The average molecular weight is 613 g/mol. The van der Waals surface area contributed by atoms with Crippen LogP contribution in [0, 0.1) is 0 Å². The summed E-state index contributed by atoms with van der Waals surface area (Å²) >= 11 is 0. The molecule has 0 bridgehead atoms. The molecule has 7 aromatic carbocycles. The third-order valence-electron chi connectivity index (χ3n) is 9.33. The van der Waals surface area contributed by atoms with Crippen molar-refractivity contribution in [3.63, 3.8) is 0 Å². The molecule has 48 heavy (non-hydrogen) atoms. The number of hydrogen-bond acceptors (Lipinski definition) is 0. The summed E-state index contributed by atoms with van der Waals surface area (Å²) in [6.07, 6.45) is 0. The Kier molecular flexibility index (Phi) is 6.84. The van der Waals surface area contributed by atoms with E-state index in [1.807, 2.05) is 0 Å². The molecule has 2 nitrogen and oxygen atoms in total. The topological polar surface area (TPSA) is 9.86 Å². The van der Waals surface area contributed by atoms with Gasteiger partial charge in [0.05, 0.1) is 22.4 Å². The van der Waals surface area contributed by atoms with E-state index in [0.717, 1.165) is 11.4 Å². The van der Waals surface area contributed by atoms with E-state index < -0.39 is 0 Å². The van der Waals surface area contributed by atoms with Crippen LogP contribution in [-0.2, 0) is 0 Å². The Balaban J connectivity index is 1.20. The molecule has 9 aromatic rings. The highest BCUT2D eigenvalue weighted by Crippen LogP contribution is 2.37. The van der Waals surface area contributed by atoms with E-state index in [1.165, 1.54) is 66.6 Å². The van der Waals surface area contributed by atoms with Gasteiger partial charge in [-0.25, -0.2) is 0 Å². The molecule has 0 fully saturated rings. The first-order valence-corrected chi connectivity index (χ1v) is 16.4. The van der Waals surface area contributed by atoms with Crippen molar-refractivity contribution < 1.29 is 0 Å². The Morgan fingerprint density at radius 3 is 1.31 bits per heavy atom. The van der Waals surface area contributed by atoms with Crippen LogP contribution in [0.4, 0.5) is 0 Å². The van der Waals surface area contributed by atoms with E-state index in [2.05, 4.69) is 203 Å². The molecule has 0 unspecified atom stereocenters. The highest BCUT2D eigenvalue weighted by atomic mass is 15.0. The third-order valence-corrected chi connectivity index (χ3v) is 9.33. The van der Waals surface area contributed by atoms with Gasteiger partial charge < -0.3 is 9.13 Å². The number of benzene rings is 7. The fraction of sp³-hybridized carbons (Fsp3) is 0. The molecule has 0 aliphatic heterocycles. The Morgan fingerprint density at radius 2 is 0.688 bits per heavy atom. The van der Waals surface area contributed by atoms with E-state index >= 15 is 0 Å². The van der Waals surface area contributed by atoms with Crippen LogP contribution in [0.15, 0.2) is 194 Å². The van der Waals surface area contributed by atoms with Gasteiger partial charge in [-0.3, -0.25) is 0 Å². The van der Waals surface area contributed by atoms with Crippen molar-refractivity contribution in [2.24, 2.45) is 0 Å². The lowest BCUT2D eigenvalue weighted by Gasteiger charge is -2.13. The smallest absolute Gasteiger partial charge is 0.0541 e. The summed E-state index contributed by atoms with van der Waals surface area (Å²) in [4.78, 5) is 0. The van der Waals surface area contributed by atoms with Gasteiger partial charge in [-0.15, -0.1) is 0 Å². The van der Waals surface area contributed by atoms with Crippen LogP contribution in [-0.4, -0.2) is 9.13 Å². The van der Waals surface area contributed by atoms with Crippen LogP contribution in [0.25, 0.3) is 77.9 Å². The highest BCUT2D eigenvalue weighted by Gasteiger charge is 2.16. The van der Waals surface area contributed by atoms with Gasteiger partial charge in [-0.05, 0) is 88.0 Å². The molecule has 2 heterocycles. The largest absolute Gasteiger partial charge is 0.309 e. The summed E-state index contributed by atoms with van der Waals surface area (Å²) in [5.74, 6) is 0. The first-order chi connectivity index (χ1) is 23.8. The van der Waals surface area contributed by atoms with Crippen molar-refractivity contribution >= 4 is 21.8 Å². The predicted molar refractivity (Wildman–Crippen MR) is 202 cm³/mol. The maximum atomic E-state index is 2.40. The molecule has 0 atom stereocenters. The molecular weight excluding hydrogens is 581 g/mol. The minimum atomic E-state index is 1.14. The van der Waals surface area contributed by atoms with E-state index in [1.54, 1.807) is 0 Å². The molecule has 0 spiro atoms. The normalized spacial score (nSPS) is 11.3. The maximum absolute atomic E-state index is 2.40. The van der Waals surface area contributed by atoms with Crippen molar-refractivity contribution in [1.29, 1.82) is 0 Å². The molecular formula is C46H32N2. The monoisotopic (exact) mass is 612 g/mol. The van der Waals surface area contributed by atoms with Crippen LogP contribution < -0.4 is 0 Å². The summed E-state index contributed by atoms with van der Waals surface area (Å²) in [5, 5.41) is 2.43. The Labute approximate surface area is 280 Å². The number of para-hydroxylation sites is 1. The van der Waals surface area contributed by atoms with E-state index in [-0.39, 0.29) is 0 Å². The van der Waals surface area contributed by atoms with Gasteiger partial charge in [-0.2, -0.15) is 0 Å². The van der Waals surface area contributed by atoms with Gasteiger partial charge in [0.15, 0.2) is 0 Å². The zero-order valence-electron chi connectivity index (χ0n) is 26.4. The minimum absolute atomic E-state index is 1.14. The summed E-state index contributed by atoms with van der Waals surface area (Å²) in [6.45, 7) is 0. The van der Waals surface area contributed by atoms with Gasteiger partial charge in [-0.1, -0.05) is 140 Å². The molecule has 2 heteroatoms. The van der Waals surface area contributed by atoms with Gasteiger partial charge in [0, 0.05) is 22.1 Å². The molecule has 9 rings (SSSR count). The highest BCUT2D eigenvalue weighted by molar-refractivity contribution is 5.96. The zero-order valence-corrected chi connectivity index (χ0v) is 26.4. The second-order valence-corrected chi connectivity index (χ2v) is 12.3. The van der Waals surface area contributed by atoms with Crippen molar-refractivity contribution in [2.45, 2.75) is 0 Å². The van der Waals surface area contributed by atoms with E-state index in [9.17, 15) is 0 Å². The minimum Gasteiger partial charge on any atom is -0.309 e. The quantitative estimate of drug-likeness (QED) is 0.177. The second kappa shape index (κ2) is 11.8. The molecule has 2 aromatic heterocycles. The first kappa shape index (κ1) is 27.9. The van der Waals surface area contributed by atoms with Crippen LogP contribution >= 0.6 is 0 Å². The molecule has 0 aliphatic carbocycles. The molecule has 0 amide bonds. The molecule has 0 saturated carbocycles. The zero-order chi connectivity index (χ0) is 31.9. The Morgan fingerprint density at radius 1 is 0.250 bits per heavy atom. The lowest BCUT2D eigenvalue weighted by molar-refractivity contribution is 1.13. The summed E-state index contributed by atoms with van der Waals surface area (Å²) in [5.41, 5.74) is 14.3. The average Bonchev–Trinajstić information content (AvgIpc) is 3.75. The van der Waals surface area contributed by atoms with Crippen LogP contribution in [0.5, 0.6) is 0 Å². The van der Waals surface area contributed by atoms with Crippen molar-refractivity contribution in [3.05, 3.63) is 194 Å². The van der Waals surface area contributed by atoms with Crippen molar-refractivity contribution in [3.8, 4) is 56.1 Å².